The Balaban J connectivity index is 2.15. The Hall–Kier alpha value is -1.49. The fraction of sp³-hybridized carbons (Fsp3) is 0.400. The molecule has 5 nitrogen and oxygen atoms in total. The van der Waals surface area contributed by atoms with Crippen molar-refractivity contribution in [3.05, 3.63) is 71.8 Å². The molecule has 26 heavy (non-hydrogen) atoms. The van der Waals surface area contributed by atoms with Gasteiger partial charge in [-0.2, -0.15) is 0 Å². The Morgan fingerprint density at radius 1 is 0.885 bits per heavy atom. The van der Waals surface area contributed by atoms with Gasteiger partial charge in [0.1, 0.15) is 0 Å². The Bertz CT molecular complexity index is 629. The lowest BCUT2D eigenvalue weighted by Gasteiger charge is -2.29. The lowest BCUT2D eigenvalue weighted by atomic mass is 10.1. The van der Waals surface area contributed by atoms with Crippen LogP contribution in [0.4, 0.5) is 0 Å². The average molecular weight is 377 g/mol. The van der Waals surface area contributed by atoms with E-state index in [0.717, 1.165) is 11.1 Å². The molecular weight excluding hydrogens is 349 g/mol. The lowest BCUT2D eigenvalue weighted by Crippen LogP contribution is -2.32. The molecule has 0 aromatic heterocycles. The highest BCUT2D eigenvalue weighted by Gasteiger charge is 2.35. The molecule has 0 saturated heterocycles. The van der Waals surface area contributed by atoms with Crippen molar-refractivity contribution in [1.82, 2.24) is 4.90 Å². The molecule has 1 atom stereocenters. The summed E-state index contributed by atoms with van der Waals surface area (Å²) in [5.74, 6) is -1.20. The van der Waals surface area contributed by atoms with Gasteiger partial charge in [-0.15, -0.1) is 0 Å². The molecule has 0 fully saturated rings. The zero-order valence-electron chi connectivity index (χ0n) is 15.5. The molecule has 142 valence electrons. The summed E-state index contributed by atoms with van der Waals surface area (Å²) in [5.41, 5.74) is 2.25. The second-order valence-corrected chi connectivity index (χ2v) is 8.19. The van der Waals surface area contributed by atoms with E-state index >= 15 is 0 Å². The number of nitrogens with zero attached hydrogens (tertiary/aromatic N) is 1. The molecule has 0 aliphatic carbocycles. The first kappa shape index (κ1) is 20.8. The zero-order valence-corrected chi connectivity index (χ0v) is 16.3. The maximum Gasteiger partial charge on any atom is 0.360 e. The van der Waals surface area contributed by atoms with Gasteiger partial charge in [-0.3, -0.25) is 9.46 Å². The minimum atomic E-state index is -3.56. The van der Waals surface area contributed by atoms with Crippen LogP contribution in [0, 0.1) is 0 Å². The third-order valence-electron chi connectivity index (χ3n) is 3.90. The van der Waals surface area contributed by atoms with Gasteiger partial charge in [-0.25, -0.2) is 0 Å². The third kappa shape index (κ3) is 6.35. The molecule has 1 N–H and O–H groups in total. The standard InChI is InChI=1S/C20H28NO4P/c1-3-24-26(23,25-4-2)20(22)17-21(15-18-11-7-5-8-12-18)16-19-13-9-6-10-14-19/h5-14,20,22H,3-4,15-17H2,1-2H3. The van der Waals surface area contributed by atoms with Gasteiger partial charge in [-0.1, -0.05) is 60.7 Å². The Labute approximate surface area is 156 Å². The van der Waals surface area contributed by atoms with E-state index in [1.165, 1.54) is 0 Å². The largest absolute Gasteiger partial charge is 0.379 e. The van der Waals surface area contributed by atoms with Gasteiger partial charge in [0, 0.05) is 19.6 Å². The highest BCUT2D eigenvalue weighted by Crippen LogP contribution is 2.52. The molecule has 0 spiro atoms. The van der Waals surface area contributed by atoms with Crippen molar-refractivity contribution in [1.29, 1.82) is 0 Å². The van der Waals surface area contributed by atoms with E-state index in [4.69, 9.17) is 9.05 Å². The molecule has 0 heterocycles. The van der Waals surface area contributed by atoms with Crippen LogP contribution in [-0.4, -0.2) is 35.6 Å². The van der Waals surface area contributed by atoms with Gasteiger partial charge in [0.25, 0.3) is 0 Å². The fourth-order valence-corrected chi connectivity index (χ4v) is 4.34. The van der Waals surface area contributed by atoms with Crippen LogP contribution in [0.25, 0.3) is 0 Å². The van der Waals surface area contributed by atoms with Crippen LogP contribution >= 0.6 is 7.60 Å². The Morgan fingerprint density at radius 3 is 1.69 bits per heavy atom. The van der Waals surface area contributed by atoms with Crippen molar-refractivity contribution in [2.45, 2.75) is 32.8 Å². The van der Waals surface area contributed by atoms with E-state index in [-0.39, 0.29) is 19.8 Å². The summed E-state index contributed by atoms with van der Waals surface area (Å²) >= 11 is 0. The highest BCUT2D eigenvalue weighted by molar-refractivity contribution is 7.54. The van der Waals surface area contributed by atoms with E-state index in [1.54, 1.807) is 13.8 Å². The van der Waals surface area contributed by atoms with E-state index < -0.39 is 13.4 Å². The summed E-state index contributed by atoms with van der Waals surface area (Å²) in [6.45, 7) is 5.39. The molecule has 0 aliphatic rings. The number of aliphatic hydroxyl groups excluding tert-OH is 1. The summed E-state index contributed by atoms with van der Waals surface area (Å²) in [6, 6.07) is 20.0. The smallest absolute Gasteiger partial charge is 0.360 e. The highest BCUT2D eigenvalue weighted by atomic mass is 31.2. The van der Waals surface area contributed by atoms with Gasteiger partial charge in [0.05, 0.1) is 13.2 Å². The topological polar surface area (TPSA) is 59.0 Å². The number of rotatable bonds is 11. The van der Waals surface area contributed by atoms with Gasteiger partial charge in [-0.05, 0) is 25.0 Å². The first-order valence-electron chi connectivity index (χ1n) is 8.94. The normalized spacial score (nSPS) is 13.1. The Morgan fingerprint density at radius 2 is 1.31 bits per heavy atom. The number of hydrogen-bond acceptors (Lipinski definition) is 5. The molecule has 2 aromatic carbocycles. The van der Waals surface area contributed by atoms with Crippen molar-refractivity contribution >= 4 is 7.60 Å². The molecule has 0 radical (unpaired) electrons. The second-order valence-electron chi connectivity index (χ2n) is 6.00. The molecule has 1 unspecified atom stereocenters. The summed E-state index contributed by atoms with van der Waals surface area (Å²) in [5, 5.41) is 10.6. The zero-order chi connectivity index (χ0) is 18.8. The van der Waals surface area contributed by atoms with Crippen LogP contribution in [0.15, 0.2) is 60.7 Å². The SMILES string of the molecule is CCOP(=O)(OCC)C(O)CN(Cc1ccccc1)Cc1ccccc1. The van der Waals surface area contributed by atoms with Crippen LogP contribution in [0.2, 0.25) is 0 Å². The van der Waals surface area contributed by atoms with Gasteiger partial charge in [0.2, 0.25) is 0 Å². The van der Waals surface area contributed by atoms with E-state index in [9.17, 15) is 9.67 Å². The van der Waals surface area contributed by atoms with Gasteiger partial charge in [0.15, 0.2) is 5.85 Å². The monoisotopic (exact) mass is 377 g/mol. The molecule has 0 saturated carbocycles. The van der Waals surface area contributed by atoms with Crippen molar-refractivity contribution in [3.8, 4) is 0 Å². The van der Waals surface area contributed by atoms with Crippen LogP contribution in [0.1, 0.15) is 25.0 Å². The third-order valence-corrected chi connectivity index (χ3v) is 6.03. The Kier molecular flexibility index (Phi) is 8.49. The molecule has 6 heteroatoms. The molecule has 2 rings (SSSR count). The molecule has 0 aliphatic heterocycles. The van der Waals surface area contributed by atoms with Crippen LogP contribution in [-0.2, 0) is 26.7 Å². The van der Waals surface area contributed by atoms with E-state index in [1.807, 2.05) is 60.7 Å². The first-order chi connectivity index (χ1) is 12.6. The van der Waals surface area contributed by atoms with Crippen LogP contribution < -0.4 is 0 Å². The summed E-state index contributed by atoms with van der Waals surface area (Å²) in [6.07, 6.45) is 0. The van der Waals surface area contributed by atoms with E-state index in [0.29, 0.717) is 13.1 Å². The molecule has 0 bridgehead atoms. The quantitative estimate of drug-likeness (QED) is 0.593. The van der Waals surface area contributed by atoms with Crippen LogP contribution in [0.5, 0.6) is 0 Å². The number of hydrogen-bond donors (Lipinski definition) is 1. The maximum absolute atomic E-state index is 12.8. The average Bonchev–Trinajstić information content (AvgIpc) is 2.63. The number of aliphatic hydroxyl groups is 1. The molecule has 0 amide bonds. The van der Waals surface area contributed by atoms with Crippen molar-refractivity contribution < 1.29 is 18.7 Å². The van der Waals surface area contributed by atoms with Crippen molar-refractivity contribution in [3.63, 3.8) is 0 Å². The lowest BCUT2D eigenvalue weighted by molar-refractivity contribution is 0.109. The second kappa shape index (κ2) is 10.6. The predicted octanol–water partition coefficient (Wildman–Crippen LogP) is 4.27. The summed E-state index contributed by atoms with van der Waals surface area (Å²) in [7, 11) is -3.56. The first-order valence-corrected chi connectivity index (χ1v) is 10.6. The van der Waals surface area contributed by atoms with Gasteiger partial charge < -0.3 is 14.2 Å². The van der Waals surface area contributed by atoms with Crippen molar-refractivity contribution in [2.75, 3.05) is 19.8 Å². The number of benzene rings is 2. The molecular formula is C20H28NO4P. The van der Waals surface area contributed by atoms with E-state index in [2.05, 4.69) is 4.90 Å². The predicted molar refractivity (Wildman–Crippen MR) is 104 cm³/mol. The molecule has 2 aromatic rings. The minimum absolute atomic E-state index is 0.196. The van der Waals surface area contributed by atoms with Crippen LogP contribution in [0.3, 0.4) is 0 Å². The summed E-state index contributed by atoms with van der Waals surface area (Å²) in [4.78, 5) is 2.06. The maximum atomic E-state index is 12.8. The fourth-order valence-electron chi connectivity index (χ4n) is 2.77. The van der Waals surface area contributed by atoms with Crippen molar-refractivity contribution in [2.24, 2.45) is 0 Å². The summed E-state index contributed by atoms with van der Waals surface area (Å²) < 4.78 is 23.4. The minimum Gasteiger partial charge on any atom is -0.379 e. The van der Waals surface area contributed by atoms with Gasteiger partial charge >= 0.3 is 7.60 Å².